The van der Waals surface area contributed by atoms with Gasteiger partial charge in [-0.25, -0.2) is 0 Å². The topological polar surface area (TPSA) is 40.5 Å². The molecule has 2 unspecified atom stereocenters. The predicted octanol–water partition coefficient (Wildman–Crippen LogP) is 2.25. The van der Waals surface area contributed by atoms with Crippen molar-refractivity contribution in [3.8, 4) is 0 Å². The first kappa shape index (κ1) is 15.7. The molecule has 1 fully saturated rings. The van der Waals surface area contributed by atoms with Crippen molar-refractivity contribution in [2.24, 2.45) is 5.41 Å². The molecule has 1 aliphatic rings. The molecule has 3 nitrogen and oxygen atoms in total. The first-order valence-electron chi connectivity index (χ1n) is 7.09. The summed E-state index contributed by atoms with van der Waals surface area (Å²) in [5.41, 5.74) is 1.69. The highest BCUT2D eigenvalue weighted by molar-refractivity contribution is 7.85. The Kier molecular flexibility index (Phi) is 4.38. The third-order valence-electron chi connectivity index (χ3n) is 4.43. The van der Waals surface area contributed by atoms with Gasteiger partial charge in [0.15, 0.2) is 0 Å². The summed E-state index contributed by atoms with van der Waals surface area (Å²) in [6.45, 7) is 9.31. The Balaban J connectivity index is 2.53. The molecule has 0 aliphatic carbocycles. The van der Waals surface area contributed by atoms with Crippen LogP contribution in [0, 0.1) is 12.3 Å². The lowest BCUT2D eigenvalue weighted by atomic mass is 9.68. The van der Waals surface area contributed by atoms with Crippen LogP contribution in [0.1, 0.15) is 31.9 Å². The van der Waals surface area contributed by atoms with Gasteiger partial charge in [0.1, 0.15) is 0 Å². The molecule has 1 N–H and O–H groups in total. The second-order valence-corrected chi connectivity index (χ2v) is 8.22. The zero-order chi connectivity index (χ0) is 15.0. The Hall–Kier alpha value is -0.710. The average molecular weight is 295 g/mol. The van der Waals surface area contributed by atoms with Gasteiger partial charge in [-0.05, 0) is 17.9 Å². The van der Waals surface area contributed by atoms with E-state index in [2.05, 4.69) is 56.9 Å². The first-order valence-corrected chi connectivity index (χ1v) is 8.58. The molecule has 0 radical (unpaired) electrons. The van der Waals surface area contributed by atoms with Crippen molar-refractivity contribution in [2.75, 3.05) is 24.8 Å². The molecule has 0 spiro atoms. The number of aliphatic hydroxyl groups excluding tert-OH is 1. The zero-order valence-corrected chi connectivity index (χ0v) is 13.7. The molecular weight excluding hydrogens is 270 g/mol. The van der Waals surface area contributed by atoms with Gasteiger partial charge in [0.25, 0.3) is 0 Å². The fraction of sp³-hybridized carbons (Fsp3) is 0.625. The Morgan fingerprint density at radius 3 is 2.25 bits per heavy atom. The third-order valence-corrected chi connectivity index (χ3v) is 5.66. The summed E-state index contributed by atoms with van der Waals surface area (Å²) < 4.78 is 11.8. The summed E-state index contributed by atoms with van der Waals surface area (Å²) in [5, 5.41) is 10.2. The van der Waals surface area contributed by atoms with Crippen LogP contribution in [0.2, 0.25) is 0 Å². The standard InChI is InChI=1S/C16H25NO2S/c1-13-5-7-14(8-6-13)16(11-18,15(2,3)4)17-9-10-20(19)12-17/h5-8,18H,9-12H2,1-4H3. The fourth-order valence-electron chi connectivity index (χ4n) is 3.16. The van der Waals surface area contributed by atoms with E-state index in [0.29, 0.717) is 11.6 Å². The summed E-state index contributed by atoms with van der Waals surface area (Å²) >= 11 is 0. The van der Waals surface area contributed by atoms with Crippen molar-refractivity contribution in [2.45, 2.75) is 33.2 Å². The van der Waals surface area contributed by atoms with E-state index in [9.17, 15) is 9.32 Å². The highest BCUT2D eigenvalue weighted by atomic mass is 32.2. The van der Waals surface area contributed by atoms with E-state index in [1.165, 1.54) is 5.56 Å². The SMILES string of the molecule is Cc1ccc(C(CO)(N2CCS(=O)C2)C(C)(C)C)cc1. The van der Waals surface area contributed by atoms with Crippen LogP contribution in [0.25, 0.3) is 0 Å². The summed E-state index contributed by atoms with van der Waals surface area (Å²) in [7, 11) is -0.799. The van der Waals surface area contributed by atoms with Crippen LogP contribution >= 0.6 is 0 Å². The summed E-state index contributed by atoms with van der Waals surface area (Å²) in [5.74, 6) is 1.25. The average Bonchev–Trinajstić information content (AvgIpc) is 2.78. The van der Waals surface area contributed by atoms with E-state index in [4.69, 9.17) is 0 Å². The van der Waals surface area contributed by atoms with E-state index in [1.807, 2.05) is 0 Å². The van der Waals surface area contributed by atoms with Crippen molar-refractivity contribution in [3.63, 3.8) is 0 Å². The molecule has 1 aromatic rings. The van der Waals surface area contributed by atoms with Gasteiger partial charge < -0.3 is 5.11 Å². The lowest BCUT2D eigenvalue weighted by molar-refractivity contribution is -0.0374. The minimum Gasteiger partial charge on any atom is -0.394 e. The molecule has 0 bridgehead atoms. The van der Waals surface area contributed by atoms with Gasteiger partial charge in [-0.2, -0.15) is 0 Å². The van der Waals surface area contributed by atoms with Crippen LogP contribution < -0.4 is 0 Å². The second kappa shape index (κ2) is 5.58. The molecule has 20 heavy (non-hydrogen) atoms. The smallest absolute Gasteiger partial charge is 0.0756 e. The lowest BCUT2D eigenvalue weighted by Gasteiger charge is -2.50. The maximum atomic E-state index is 11.8. The zero-order valence-electron chi connectivity index (χ0n) is 12.8. The highest BCUT2D eigenvalue weighted by Crippen LogP contribution is 2.45. The normalized spacial score (nSPS) is 23.8. The molecule has 4 heteroatoms. The van der Waals surface area contributed by atoms with Crippen molar-refractivity contribution in [1.82, 2.24) is 4.90 Å². The lowest BCUT2D eigenvalue weighted by Crippen LogP contribution is -2.56. The van der Waals surface area contributed by atoms with Crippen molar-refractivity contribution in [1.29, 1.82) is 0 Å². The summed E-state index contributed by atoms with van der Waals surface area (Å²) in [4.78, 5) is 2.20. The van der Waals surface area contributed by atoms with Crippen LogP contribution in [0.3, 0.4) is 0 Å². The van der Waals surface area contributed by atoms with E-state index >= 15 is 0 Å². The van der Waals surface area contributed by atoms with Crippen molar-refractivity contribution >= 4 is 10.8 Å². The molecule has 1 heterocycles. The largest absolute Gasteiger partial charge is 0.394 e. The van der Waals surface area contributed by atoms with Gasteiger partial charge in [0.05, 0.1) is 18.0 Å². The molecule has 1 aliphatic heterocycles. The monoisotopic (exact) mass is 295 g/mol. The second-order valence-electron chi connectivity index (χ2n) is 6.67. The van der Waals surface area contributed by atoms with E-state index < -0.39 is 16.3 Å². The highest BCUT2D eigenvalue weighted by Gasteiger charge is 2.49. The van der Waals surface area contributed by atoms with Gasteiger partial charge in [0, 0.05) is 23.1 Å². The number of rotatable bonds is 3. The van der Waals surface area contributed by atoms with E-state index in [0.717, 1.165) is 12.1 Å². The molecule has 112 valence electrons. The Bertz CT molecular complexity index is 492. The van der Waals surface area contributed by atoms with Crippen LogP contribution in [0.15, 0.2) is 24.3 Å². The number of aliphatic hydroxyl groups is 1. The maximum Gasteiger partial charge on any atom is 0.0756 e. The van der Waals surface area contributed by atoms with E-state index in [1.54, 1.807) is 0 Å². The van der Waals surface area contributed by atoms with Crippen LogP contribution in [-0.4, -0.2) is 39.0 Å². The van der Waals surface area contributed by atoms with Gasteiger partial charge in [-0.3, -0.25) is 9.11 Å². The molecule has 1 saturated heterocycles. The fourth-order valence-corrected chi connectivity index (χ4v) is 4.41. The van der Waals surface area contributed by atoms with Gasteiger partial charge in [-0.15, -0.1) is 0 Å². The minimum absolute atomic E-state index is 0.0385. The van der Waals surface area contributed by atoms with Gasteiger partial charge >= 0.3 is 0 Å². The molecule has 0 aromatic heterocycles. The van der Waals surface area contributed by atoms with Crippen LogP contribution in [-0.2, 0) is 16.3 Å². The van der Waals surface area contributed by atoms with Crippen LogP contribution in [0.5, 0.6) is 0 Å². The molecule has 2 atom stereocenters. The van der Waals surface area contributed by atoms with Gasteiger partial charge in [-0.1, -0.05) is 50.6 Å². The molecular formula is C16H25NO2S. The maximum absolute atomic E-state index is 11.8. The Morgan fingerprint density at radius 1 is 1.25 bits per heavy atom. The molecule has 0 amide bonds. The number of aryl methyl sites for hydroxylation is 1. The number of hydrogen-bond donors (Lipinski definition) is 1. The quantitative estimate of drug-likeness (QED) is 0.930. The Labute approximate surface area is 124 Å². The molecule has 2 rings (SSSR count). The summed E-state index contributed by atoms with van der Waals surface area (Å²) in [6.07, 6.45) is 0. The molecule has 0 saturated carbocycles. The molecule has 1 aromatic carbocycles. The Morgan fingerprint density at radius 2 is 1.85 bits per heavy atom. The third kappa shape index (κ3) is 2.57. The van der Waals surface area contributed by atoms with Gasteiger partial charge in [0.2, 0.25) is 0 Å². The van der Waals surface area contributed by atoms with Crippen molar-refractivity contribution < 1.29 is 9.32 Å². The number of nitrogens with zero attached hydrogens (tertiary/aromatic N) is 1. The number of hydrogen-bond acceptors (Lipinski definition) is 3. The predicted molar refractivity (Wildman–Crippen MR) is 84.0 cm³/mol. The minimum atomic E-state index is -0.799. The van der Waals surface area contributed by atoms with Crippen molar-refractivity contribution in [3.05, 3.63) is 35.4 Å². The number of benzene rings is 1. The summed E-state index contributed by atoms with van der Waals surface area (Å²) in [6, 6.07) is 8.35. The first-order chi connectivity index (χ1) is 9.31. The van der Waals surface area contributed by atoms with Crippen LogP contribution in [0.4, 0.5) is 0 Å². The van der Waals surface area contributed by atoms with E-state index in [-0.39, 0.29) is 12.0 Å².